The molecule has 0 aliphatic carbocycles. The van der Waals surface area contributed by atoms with Gasteiger partial charge in [-0.05, 0) is 13.8 Å². The maximum atomic E-state index is 10.9. The SMILES string of the molecule is CCOCN=C(C)C(=O)CC. The molecule has 0 rings (SSSR count). The van der Waals surface area contributed by atoms with E-state index in [1.165, 1.54) is 0 Å². The van der Waals surface area contributed by atoms with Crippen molar-refractivity contribution >= 4 is 11.5 Å². The second-order valence-electron chi connectivity index (χ2n) is 2.14. The largest absolute Gasteiger partial charge is 0.360 e. The summed E-state index contributed by atoms with van der Waals surface area (Å²) in [6.07, 6.45) is 0.515. The molecule has 3 heteroatoms. The monoisotopic (exact) mass is 157 g/mol. The summed E-state index contributed by atoms with van der Waals surface area (Å²) in [4.78, 5) is 14.8. The van der Waals surface area contributed by atoms with E-state index in [4.69, 9.17) is 4.74 Å². The smallest absolute Gasteiger partial charge is 0.176 e. The zero-order valence-electron chi connectivity index (χ0n) is 7.39. The van der Waals surface area contributed by atoms with Crippen molar-refractivity contribution in [2.45, 2.75) is 27.2 Å². The molecule has 0 atom stereocenters. The van der Waals surface area contributed by atoms with E-state index in [2.05, 4.69) is 4.99 Å². The van der Waals surface area contributed by atoms with Gasteiger partial charge in [0.05, 0.1) is 5.71 Å². The first-order valence-electron chi connectivity index (χ1n) is 3.84. The Hall–Kier alpha value is -0.700. The molecule has 0 amide bonds. The third-order valence-electron chi connectivity index (χ3n) is 1.32. The number of ether oxygens (including phenoxy) is 1. The van der Waals surface area contributed by atoms with Crippen LogP contribution in [0.3, 0.4) is 0 Å². The van der Waals surface area contributed by atoms with Crippen LogP contribution in [0.2, 0.25) is 0 Å². The molecule has 0 aromatic carbocycles. The van der Waals surface area contributed by atoms with Crippen molar-refractivity contribution in [1.29, 1.82) is 0 Å². The van der Waals surface area contributed by atoms with Crippen LogP contribution in [0.1, 0.15) is 27.2 Å². The standard InChI is InChI=1S/C8H15NO2/c1-4-8(10)7(3)9-6-11-5-2/h4-6H2,1-3H3. The molecule has 0 saturated carbocycles. The minimum absolute atomic E-state index is 0.0877. The maximum Gasteiger partial charge on any atom is 0.176 e. The van der Waals surface area contributed by atoms with Crippen LogP contribution in [-0.4, -0.2) is 24.8 Å². The molecule has 0 heterocycles. The van der Waals surface area contributed by atoms with Crippen molar-refractivity contribution < 1.29 is 9.53 Å². The van der Waals surface area contributed by atoms with Crippen LogP contribution in [0, 0.1) is 0 Å². The molecular weight excluding hydrogens is 142 g/mol. The molecule has 0 aliphatic heterocycles. The van der Waals surface area contributed by atoms with E-state index < -0.39 is 0 Å². The zero-order chi connectivity index (χ0) is 8.69. The second kappa shape index (κ2) is 6.04. The van der Waals surface area contributed by atoms with Crippen molar-refractivity contribution in [2.75, 3.05) is 13.3 Å². The van der Waals surface area contributed by atoms with Crippen LogP contribution in [-0.2, 0) is 9.53 Å². The molecule has 0 aromatic rings. The molecule has 0 bridgehead atoms. The number of hydrogen-bond acceptors (Lipinski definition) is 3. The first-order valence-corrected chi connectivity index (χ1v) is 3.84. The molecule has 0 aromatic heterocycles. The summed E-state index contributed by atoms with van der Waals surface area (Å²) in [7, 11) is 0. The summed E-state index contributed by atoms with van der Waals surface area (Å²) in [6, 6.07) is 0. The average Bonchev–Trinajstić information content (AvgIpc) is 2.03. The number of hydrogen-bond donors (Lipinski definition) is 0. The van der Waals surface area contributed by atoms with Crippen LogP contribution in [0.5, 0.6) is 0 Å². The third kappa shape index (κ3) is 4.67. The predicted octanol–water partition coefficient (Wildman–Crippen LogP) is 1.42. The number of carbonyl (C=O) groups excluding carboxylic acids is 1. The highest BCUT2D eigenvalue weighted by Crippen LogP contribution is 1.87. The summed E-state index contributed by atoms with van der Waals surface area (Å²) in [5.41, 5.74) is 0.556. The van der Waals surface area contributed by atoms with Gasteiger partial charge in [-0.3, -0.25) is 9.79 Å². The molecule has 0 N–H and O–H groups in total. The van der Waals surface area contributed by atoms with Gasteiger partial charge in [-0.25, -0.2) is 0 Å². The minimum Gasteiger partial charge on any atom is -0.360 e. The molecule has 0 spiro atoms. The van der Waals surface area contributed by atoms with E-state index in [1.807, 2.05) is 13.8 Å². The lowest BCUT2D eigenvalue weighted by atomic mass is 10.2. The molecule has 0 radical (unpaired) electrons. The first kappa shape index (κ1) is 10.3. The van der Waals surface area contributed by atoms with Gasteiger partial charge in [-0.15, -0.1) is 0 Å². The second-order valence-corrected chi connectivity index (χ2v) is 2.14. The van der Waals surface area contributed by atoms with Gasteiger partial charge >= 0.3 is 0 Å². The van der Waals surface area contributed by atoms with E-state index >= 15 is 0 Å². The van der Waals surface area contributed by atoms with Gasteiger partial charge in [-0.1, -0.05) is 6.92 Å². The summed E-state index contributed by atoms with van der Waals surface area (Å²) in [5.74, 6) is 0.0877. The number of ketones is 1. The first-order chi connectivity index (χ1) is 5.22. The number of carbonyl (C=O) groups is 1. The van der Waals surface area contributed by atoms with Gasteiger partial charge in [0.15, 0.2) is 5.78 Å². The Morgan fingerprint density at radius 2 is 2.09 bits per heavy atom. The molecule has 11 heavy (non-hydrogen) atoms. The molecule has 0 aliphatic rings. The average molecular weight is 157 g/mol. The van der Waals surface area contributed by atoms with Gasteiger partial charge in [-0.2, -0.15) is 0 Å². The van der Waals surface area contributed by atoms with Crippen molar-refractivity contribution in [3.05, 3.63) is 0 Å². The van der Waals surface area contributed by atoms with E-state index in [0.29, 0.717) is 25.5 Å². The van der Waals surface area contributed by atoms with Crippen molar-refractivity contribution in [3.63, 3.8) is 0 Å². The van der Waals surface area contributed by atoms with Gasteiger partial charge in [0.1, 0.15) is 6.73 Å². The summed E-state index contributed by atoms with van der Waals surface area (Å²) in [5, 5.41) is 0. The highest BCUT2D eigenvalue weighted by atomic mass is 16.5. The summed E-state index contributed by atoms with van der Waals surface area (Å²) < 4.78 is 4.96. The Bertz CT molecular complexity index is 152. The quantitative estimate of drug-likeness (QED) is 0.447. The Balaban J connectivity index is 3.71. The van der Waals surface area contributed by atoms with Crippen LogP contribution in [0.4, 0.5) is 0 Å². The van der Waals surface area contributed by atoms with Crippen molar-refractivity contribution in [1.82, 2.24) is 0 Å². The van der Waals surface area contributed by atoms with Crippen LogP contribution in [0.15, 0.2) is 4.99 Å². The summed E-state index contributed by atoms with van der Waals surface area (Å²) >= 11 is 0. The molecular formula is C8H15NO2. The van der Waals surface area contributed by atoms with Crippen LogP contribution in [0.25, 0.3) is 0 Å². The predicted molar refractivity (Wildman–Crippen MR) is 44.9 cm³/mol. The van der Waals surface area contributed by atoms with Gasteiger partial charge in [0.25, 0.3) is 0 Å². The normalized spacial score (nSPS) is 11.7. The fourth-order valence-corrected chi connectivity index (χ4v) is 0.578. The lowest BCUT2D eigenvalue weighted by molar-refractivity contribution is -0.112. The van der Waals surface area contributed by atoms with Crippen molar-refractivity contribution in [2.24, 2.45) is 4.99 Å². The van der Waals surface area contributed by atoms with Crippen LogP contribution < -0.4 is 0 Å². The molecule has 0 saturated heterocycles. The highest BCUT2D eigenvalue weighted by Gasteiger charge is 2.00. The Morgan fingerprint density at radius 3 is 2.55 bits per heavy atom. The number of Topliss-reactive ketones (excluding diaryl/α,β-unsaturated/α-hetero) is 1. The highest BCUT2D eigenvalue weighted by molar-refractivity contribution is 6.38. The van der Waals surface area contributed by atoms with Crippen molar-refractivity contribution in [3.8, 4) is 0 Å². The fourth-order valence-electron chi connectivity index (χ4n) is 0.578. The van der Waals surface area contributed by atoms with Gasteiger partial charge < -0.3 is 4.74 Å². The number of nitrogens with zero attached hydrogens (tertiary/aromatic N) is 1. The van der Waals surface area contributed by atoms with Crippen LogP contribution >= 0.6 is 0 Å². The van der Waals surface area contributed by atoms with Gasteiger partial charge in [0.2, 0.25) is 0 Å². The fraction of sp³-hybridized carbons (Fsp3) is 0.750. The number of aliphatic imine (C=N–C) groups is 1. The summed E-state index contributed by atoms with van der Waals surface area (Å²) in [6.45, 7) is 6.37. The molecule has 0 fully saturated rings. The van der Waals surface area contributed by atoms with E-state index in [0.717, 1.165) is 0 Å². The topological polar surface area (TPSA) is 38.7 Å². The third-order valence-corrected chi connectivity index (χ3v) is 1.32. The molecule has 0 unspecified atom stereocenters. The minimum atomic E-state index is 0.0877. The molecule has 64 valence electrons. The zero-order valence-corrected chi connectivity index (χ0v) is 7.39. The van der Waals surface area contributed by atoms with Gasteiger partial charge in [0, 0.05) is 13.0 Å². The lowest BCUT2D eigenvalue weighted by Crippen LogP contribution is -2.09. The number of rotatable bonds is 5. The van der Waals surface area contributed by atoms with E-state index in [9.17, 15) is 4.79 Å². The Morgan fingerprint density at radius 1 is 1.45 bits per heavy atom. The van der Waals surface area contributed by atoms with E-state index in [1.54, 1.807) is 6.92 Å². The molecule has 3 nitrogen and oxygen atoms in total. The Kier molecular flexibility index (Phi) is 5.65. The maximum absolute atomic E-state index is 10.9. The lowest BCUT2D eigenvalue weighted by Gasteiger charge is -1.97. The Labute approximate surface area is 67.5 Å². The van der Waals surface area contributed by atoms with E-state index in [-0.39, 0.29) is 5.78 Å².